The predicted molar refractivity (Wildman–Crippen MR) is 231 cm³/mol. The molecule has 0 radical (unpaired) electrons. The van der Waals surface area contributed by atoms with Crippen molar-refractivity contribution in [2.24, 2.45) is 11.5 Å². The molecule has 0 aliphatic heterocycles. The van der Waals surface area contributed by atoms with Gasteiger partial charge >= 0.3 is 31.7 Å². The maximum atomic E-state index is 13.0. The maximum Gasteiger partial charge on any atom is 0.472 e. The Bertz CT molecular complexity index is 1160. The minimum atomic E-state index is -4.85. The fraction of sp³-hybridized carbons (Fsp3) is 0.909. The molecule has 2 unspecified atom stereocenters. The lowest BCUT2D eigenvalue weighted by Gasteiger charge is -2.24. The number of carbonyl (C=O) groups is 4. The van der Waals surface area contributed by atoms with Gasteiger partial charge in [0.15, 0.2) is 12.2 Å². The molecule has 0 bridgehead atoms. The summed E-state index contributed by atoms with van der Waals surface area (Å²) in [6, 6.07) is 0. The zero-order valence-electron chi connectivity index (χ0n) is 37.9. The third-order valence-corrected chi connectivity index (χ3v) is 10.4. The smallest absolute Gasteiger partial charge is 0.462 e. The lowest BCUT2D eigenvalue weighted by Crippen LogP contribution is -2.39. The van der Waals surface area contributed by atoms with E-state index in [9.17, 15) is 28.6 Å². The van der Waals surface area contributed by atoms with E-state index in [0.717, 1.165) is 38.5 Å². The average Bonchev–Trinajstić information content (AvgIpc) is 3.13. The Morgan fingerprint density at radius 3 is 1.15 bits per heavy atom. The van der Waals surface area contributed by atoms with Gasteiger partial charge in [-0.25, -0.2) is 4.57 Å². The normalized spacial score (nSPS) is 14.0. The first-order valence-electron chi connectivity index (χ1n) is 22.8. The number of rotatable bonds is 40. The lowest BCUT2D eigenvalue weighted by molar-refractivity contribution is -0.163. The summed E-state index contributed by atoms with van der Waals surface area (Å²) >= 11 is 0. The topological polar surface area (TPSA) is 213 Å². The summed E-state index contributed by atoms with van der Waals surface area (Å²) in [6.45, 7) is 8.80. The largest absolute Gasteiger partial charge is 0.472 e. The van der Waals surface area contributed by atoms with Crippen LogP contribution in [0.3, 0.4) is 0 Å². The van der Waals surface area contributed by atoms with Gasteiger partial charge in [0.1, 0.15) is 13.2 Å². The number of ether oxygens (including phenoxy) is 4. The zero-order valence-corrected chi connectivity index (χ0v) is 38.8. The summed E-state index contributed by atoms with van der Waals surface area (Å²) < 4.78 is 44.8. The lowest BCUT2D eigenvalue weighted by atomic mass is 10.0. The van der Waals surface area contributed by atoms with Crippen LogP contribution in [0.2, 0.25) is 0 Å². The molecule has 14 nitrogen and oxygen atoms in total. The fourth-order valence-corrected chi connectivity index (χ4v) is 6.99. The number of hydrogen-bond donors (Lipinski definition) is 3. The Balaban J connectivity index is 5.16. The third-order valence-electron chi connectivity index (χ3n) is 9.47. The van der Waals surface area contributed by atoms with Gasteiger partial charge in [0.05, 0.1) is 26.1 Å². The molecule has 0 aromatic heterocycles. The van der Waals surface area contributed by atoms with Crippen LogP contribution in [-0.4, -0.2) is 78.5 Å². The van der Waals surface area contributed by atoms with Gasteiger partial charge < -0.3 is 35.3 Å². The Morgan fingerprint density at radius 2 is 0.780 bits per heavy atom. The van der Waals surface area contributed by atoms with Crippen molar-refractivity contribution in [3.8, 4) is 0 Å². The predicted octanol–water partition coefficient (Wildman–Crippen LogP) is 9.69. The van der Waals surface area contributed by atoms with Crippen LogP contribution in [0.5, 0.6) is 0 Å². The first kappa shape index (κ1) is 56.9. The summed E-state index contributed by atoms with van der Waals surface area (Å²) in [5, 5.41) is 0. The van der Waals surface area contributed by atoms with Crippen LogP contribution in [0, 0.1) is 0 Å². The van der Waals surface area contributed by atoms with Gasteiger partial charge in [0.2, 0.25) is 0 Å². The summed E-state index contributed by atoms with van der Waals surface area (Å²) in [5.41, 5.74) is 10.1. The summed E-state index contributed by atoms with van der Waals surface area (Å²) in [4.78, 5) is 60.7. The summed E-state index contributed by atoms with van der Waals surface area (Å²) in [5.74, 6) is -2.41. The highest BCUT2D eigenvalue weighted by Gasteiger charge is 2.30. The standard InChI is InChI=1S/C44H85N2O12P/c1-7-9-11-13-15-17-19-21-23-25-27-29-39(47)53-33-37(57-40(48)30-28-26-24-22-20-18-16-14-12-10-8-2)35-55-59(51,52)56-36-38(58-42(50)32-44(5,6)46)34-54-41(49)31-43(3,4)45/h37-38H,7-36,45-46H2,1-6H3,(H,51,52)/t37-,38?/m1/s1. The van der Waals surface area contributed by atoms with Crippen LogP contribution in [0.25, 0.3) is 0 Å². The minimum absolute atomic E-state index is 0.130. The molecule has 0 spiro atoms. The van der Waals surface area contributed by atoms with E-state index in [2.05, 4.69) is 13.8 Å². The summed E-state index contributed by atoms with van der Waals surface area (Å²) in [7, 11) is -4.85. The highest BCUT2D eigenvalue weighted by atomic mass is 31.2. The highest BCUT2D eigenvalue weighted by Crippen LogP contribution is 2.43. The van der Waals surface area contributed by atoms with Crippen LogP contribution >= 0.6 is 7.82 Å². The minimum Gasteiger partial charge on any atom is -0.462 e. The molecule has 0 saturated heterocycles. The number of hydrogen-bond acceptors (Lipinski definition) is 13. The highest BCUT2D eigenvalue weighted by molar-refractivity contribution is 7.47. The van der Waals surface area contributed by atoms with Crippen LogP contribution in [0.4, 0.5) is 0 Å². The fourth-order valence-electron chi connectivity index (χ4n) is 6.20. The van der Waals surface area contributed by atoms with Crippen LogP contribution in [0.1, 0.15) is 208 Å². The molecule has 15 heteroatoms. The second-order valence-corrected chi connectivity index (χ2v) is 19.0. The van der Waals surface area contributed by atoms with Crippen molar-refractivity contribution in [3.63, 3.8) is 0 Å². The van der Waals surface area contributed by atoms with Gasteiger partial charge in [-0.1, -0.05) is 142 Å². The molecule has 59 heavy (non-hydrogen) atoms. The first-order valence-corrected chi connectivity index (χ1v) is 24.2. The van der Waals surface area contributed by atoms with Gasteiger partial charge in [0, 0.05) is 23.9 Å². The van der Waals surface area contributed by atoms with E-state index in [4.69, 9.17) is 39.5 Å². The molecule has 0 amide bonds. The molecule has 0 heterocycles. The van der Waals surface area contributed by atoms with Crippen molar-refractivity contribution in [3.05, 3.63) is 0 Å². The van der Waals surface area contributed by atoms with E-state index in [1.54, 1.807) is 27.7 Å². The van der Waals surface area contributed by atoms with E-state index in [1.165, 1.54) is 89.9 Å². The van der Waals surface area contributed by atoms with Gasteiger partial charge in [-0.15, -0.1) is 0 Å². The number of nitrogens with two attached hydrogens (primary N) is 2. The van der Waals surface area contributed by atoms with Gasteiger partial charge in [-0.3, -0.25) is 28.2 Å². The average molecular weight is 865 g/mol. The van der Waals surface area contributed by atoms with E-state index >= 15 is 0 Å². The van der Waals surface area contributed by atoms with Gasteiger partial charge in [-0.05, 0) is 40.5 Å². The van der Waals surface area contributed by atoms with Gasteiger partial charge in [-0.2, -0.15) is 0 Å². The first-order chi connectivity index (χ1) is 27.9. The maximum absolute atomic E-state index is 13.0. The van der Waals surface area contributed by atoms with E-state index < -0.39 is 74.8 Å². The zero-order chi connectivity index (χ0) is 44.4. The molecular weight excluding hydrogens is 779 g/mol. The van der Waals surface area contributed by atoms with Crippen molar-refractivity contribution in [1.82, 2.24) is 0 Å². The second kappa shape index (κ2) is 34.5. The molecule has 0 aromatic carbocycles. The van der Waals surface area contributed by atoms with Crippen molar-refractivity contribution in [2.75, 3.05) is 26.4 Å². The Labute approximate surface area is 357 Å². The second-order valence-electron chi connectivity index (χ2n) is 17.6. The Kier molecular flexibility index (Phi) is 33.3. The van der Waals surface area contributed by atoms with Crippen molar-refractivity contribution >= 4 is 31.7 Å². The van der Waals surface area contributed by atoms with Crippen molar-refractivity contribution in [2.45, 2.75) is 232 Å². The SMILES string of the molecule is CCCCCCCCCCCCCC(=O)OC[C@H](COP(=O)(O)OCC(COC(=O)CC(C)(C)N)OC(=O)CC(C)(C)N)OC(=O)CCCCCCCCCCCCC. The Hall–Kier alpha value is -2.09. The number of phosphoric acid groups is 1. The molecule has 3 atom stereocenters. The molecule has 0 fully saturated rings. The van der Waals surface area contributed by atoms with Crippen molar-refractivity contribution in [1.29, 1.82) is 0 Å². The quantitative estimate of drug-likeness (QED) is 0.0226. The molecule has 0 aromatic rings. The van der Waals surface area contributed by atoms with Crippen molar-refractivity contribution < 1.29 is 56.6 Å². The van der Waals surface area contributed by atoms with Crippen LogP contribution < -0.4 is 11.5 Å². The van der Waals surface area contributed by atoms with Gasteiger partial charge in [0.25, 0.3) is 0 Å². The van der Waals surface area contributed by atoms with Crippen LogP contribution in [-0.2, 0) is 51.7 Å². The molecule has 0 aliphatic carbocycles. The van der Waals surface area contributed by atoms with E-state index in [0.29, 0.717) is 12.8 Å². The monoisotopic (exact) mass is 865 g/mol. The number of carbonyl (C=O) groups excluding carboxylic acids is 4. The summed E-state index contributed by atoms with van der Waals surface area (Å²) in [6.07, 6.45) is 22.6. The molecular formula is C44H85N2O12P. The molecule has 348 valence electrons. The number of phosphoric ester groups is 1. The van der Waals surface area contributed by atoms with Crippen LogP contribution in [0.15, 0.2) is 0 Å². The van der Waals surface area contributed by atoms with E-state index in [1.807, 2.05) is 0 Å². The number of unbranched alkanes of at least 4 members (excludes halogenated alkanes) is 20. The third kappa shape index (κ3) is 39.8. The molecule has 5 N–H and O–H groups in total. The van der Waals surface area contributed by atoms with E-state index in [-0.39, 0.29) is 32.3 Å². The Morgan fingerprint density at radius 1 is 0.475 bits per heavy atom. The molecule has 0 aliphatic rings. The molecule has 0 rings (SSSR count). The molecule has 0 saturated carbocycles. The number of esters is 4.